The molecule has 0 saturated heterocycles. The Morgan fingerprint density at radius 2 is 1.36 bits per heavy atom. The third-order valence-corrected chi connectivity index (χ3v) is 10.4. The Balaban J connectivity index is 1.18. The lowest BCUT2D eigenvalue weighted by Gasteiger charge is -2.20. The molecule has 0 radical (unpaired) electrons. The summed E-state index contributed by atoms with van der Waals surface area (Å²) in [6.07, 6.45) is -2.73. The van der Waals surface area contributed by atoms with Crippen molar-refractivity contribution in [2.75, 3.05) is 35.5 Å². The van der Waals surface area contributed by atoms with Crippen molar-refractivity contribution in [2.45, 2.75) is 25.6 Å². The lowest BCUT2D eigenvalue weighted by Crippen LogP contribution is -2.45. The fourth-order valence-electron chi connectivity index (χ4n) is 6.65. The lowest BCUT2D eigenvalue weighted by atomic mass is 10.0. The van der Waals surface area contributed by atoms with Gasteiger partial charge in [-0.25, -0.2) is 4.79 Å². The average Bonchev–Trinajstić information content (AvgIpc) is 3.82. The molecule has 10 N–H and O–H groups in total. The van der Waals surface area contributed by atoms with Crippen LogP contribution in [0.1, 0.15) is 65.2 Å². The number of carboxylic acid groups (broad SMARTS) is 1. The first kappa shape index (κ1) is 50.3. The summed E-state index contributed by atoms with van der Waals surface area (Å²) in [5.41, 5.74) is -3.44. The number of methoxy groups -OCH3 is 2. The first-order chi connectivity index (χ1) is 33.2. The molecule has 0 aliphatic rings. The summed E-state index contributed by atoms with van der Waals surface area (Å²) in [6.45, 7) is 1.58. The highest BCUT2D eigenvalue weighted by molar-refractivity contribution is 6.35. The van der Waals surface area contributed by atoms with Gasteiger partial charge in [0.1, 0.15) is 17.4 Å². The smallest absolute Gasteiger partial charge is 0.417 e. The van der Waals surface area contributed by atoms with Crippen molar-refractivity contribution in [1.29, 1.82) is 0 Å². The van der Waals surface area contributed by atoms with Crippen LogP contribution in [0.4, 0.5) is 35.9 Å². The van der Waals surface area contributed by atoms with Crippen LogP contribution in [0.25, 0.3) is 6.08 Å². The zero-order chi connectivity index (χ0) is 51.0. The molecule has 5 aromatic carbocycles. The molecule has 1 atom stereocenters. The third kappa shape index (κ3) is 11.7. The van der Waals surface area contributed by atoms with Crippen LogP contribution < -0.4 is 36.1 Å². The molecular formula is C46H38ClF3N8O12. The topological polar surface area (TPSA) is 304 Å². The second-order valence-corrected chi connectivity index (χ2v) is 15.2. The predicted molar refractivity (Wildman–Crippen MR) is 245 cm³/mol. The van der Waals surface area contributed by atoms with Crippen LogP contribution in [0, 0.1) is 0 Å². The van der Waals surface area contributed by atoms with Gasteiger partial charge in [0.25, 0.3) is 23.6 Å². The number of nitrogens with one attached hydrogen (secondary N) is 6. The Kier molecular flexibility index (Phi) is 15.3. The molecule has 0 aliphatic carbocycles. The first-order valence-corrected chi connectivity index (χ1v) is 20.5. The first-order valence-electron chi connectivity index (χ1n) is 20.1. The number of benzene rings is 5. The number of aromatic hydroxyl groups is 3. The molecule has 362 valence electrons. The number of phenolic OH excluding ortho intramolecular Hbond substituents is 2. The van der Waals surface area contributed by atoms with E-state index >= 15 is 0 Å². The average molecular weight is 987 g/mol. The van der Waals surface area contributed by atoms with E-state index in [4.69, 9.17) is 21.1 Å². The number of alkyl halides is 3. The molecule has 24 heteroatoms. The molecule has 1 heterocycles. The van der Waals surface area contributed by atoms with Gasteiger partial charge >= 0.3 is 12.1 Å². The van der Waals surface area contributed by atoms with E-state index in [0.29, 0.717) is 22.9 Å². The summed E-state index contributed by atoms with van der Waals surface area (Å²) in [5, 5.41) is 61.2. The van der Waals surface area contributed by atoms with Crippen molar-refractivity contribution in [2.24, 2.45) is 0 Å². The van der Waals surface area contributed by atoms with Crippen molar-refractivity contribution < 1.29 is 71.8 Å². The van der Waals surface area contributed by atoms with E-state index in [-0.39, 0.29) is 29.1 Å². The number of carbonyl (C=O) groups excluding carboxylic acids is 5. The van der Waals surface area contributed by atoms with Crippen molar-refractivity contribution >= 4 is 75.9 Å². The Bertz CT molecular complexity index is 3040. The van der Waals surface area contributed by atoms with E-state index < -0.39 is 109 Å². The van der Waals surface area contributed by atoms with Crippen LogP contribution in [-0.4, -0.2) is 91.6 Å². The summed E-state index contributed by atoms with van der Waals surface area (Å²) >= 11 is 6.32. The number of rotatable bonds is 16. The fourth-order valence-corrected chi connectivity index (χ4v) is 6.95. The molecule has 5 amide bonds. The molecule has 6 rings (SSSR count). The number of carbonyl (C=O) groups is 6. The molecule has 0 aliphatic heterocycles. The van der Waals surface area contributed by atoms with Gasteiger partial charge < -0.3 is 56.5 Å². The highest BCUT2D eigenvalue weighted by Crippen LogP contribution is 2.42. The van der Waals surface area contributed by atoms with Crippen LogP contribution in [0.15, 0.2) is 96.7 Å². The normalized spacial score (nSPS) is 11.7. The Hall–Kier alpha value is -9.12. The van der Waals surface area contributed by atoms with Crippen LogP contribution in [0.3, 0.4) is 0 Å². The Morgan fingerprint density at radius 3 is 1.93 bits per heavy atom. The molecule has 0 bridgehead atoms. The maximum Gasteiger partial charge on any atom is 0.417 e. The fraction of sp³-hybridized carbons (Fsp3) is 0.130. The molecule has 0 saturated carbocycles. The van der Waals surface area contributed by atoms with Crippen molar-refractivity contribution in [3.8, 4) is 28.7 Å². The van der Waals surface area contributed by atoms with Gasteiger partial charge in [-0.05, 0) is 91.4 Å². The molecule has 0 spiro atoms. The van der Waals surface area contributed by atoms with Crippen LogP contribution >= 0.6 is 11.6 Å². The van der Waals surface area contributed by atoms with E-state index in [1.807, 2.05) is 0 Å². The van der Waals surface area contributed by atoms with E-state index in [0.717, 1.165) is 44.6 Å². The number of aromatic amines is 1. The number of anilines is 4. The number of aromatic carboxylic acids is 1. The highest BCUT2D eigenvalue weighted by Gasteiger charge is 2.38. The molecule has 0 fully saturated rings. The zero-order valence-electron chi connectivity index (χ0n) is 36.5. The van der Waals surface area contributed by atoms with Crippen molar-refractivity contribution in [1.82, 2.24) is 20.7 Å². The standard InChI is InChI=1S/C46H38ClF3N8O12/c1-21(16-22-4-10-27(59)11-5-22)40(62)52-24-8-6-23(7-9-24)41(63)56-34(19-26-20-51-58-57-26)43(65)53-25-17-30(46(48,49)50)35(31(47)18-25)44(66)55-33-14-12-28(36(60)38(33)69-2)42(64)54-32-15-13-29(45(67)68)37(61)39(32)70-3/h4-18,20,34,59-61H,19H2,1-3H3,(H,52,62)(H,53,65)(H,54,64)(H,55,66)(H,56,63)(H,67,68)(H,51,57,58)/b21-16+/t34-/m0/s1. The highest BCUT2D eigenvalue weighted by atomic mass is 35.5. The number of hydrogen-bond donors (Lipinski definition) is 10. The number of H-pyrrole nitrogens is 1. The van der Waals surface area contributed by atoms with Gasteiger partial charge in [0.05, 0.1) is 59.2 Å². The van der Waals surface area contributed by atoms with E-state index in [1.165, 1.54) is 42.6 Å². The van der Waals surface area contributed by atoms with E-state index in [1.54, 1.807) is 25.1 Å². The molecule has 6 aromatic rings. The van der Waals surface area contributed by atoms with Gasteiger partial charge in [-0.1, -0.05) is 23.7 Å². The number of aromatic nitrogens is 3. The largest absolute Gasteiger partial charge is 0.508 e. The monoisotopic (exact) mass is 986 g/mol. The van der Waals surface area contributed by atoms with Gasteiger partial charge in [-0.3, -0.25) is 24.0 Å². The maximum atomic E-state index is 14.7. The minimum atomic E-state index is -5.27. The zero-order valence-corrected chi connectivity index (χ0v) is 37.2. The Morgan fingerprint density at radius 1 is 0.757 bits per heavy atom. The maximum absolute atomic E-state index is 14.7. The lowest BCUT2D eigenvalue weighted by molar-refractivity contribution is -0.138. The molecule has 0 unspecified atom stereocenters. The summed E-state index contributed by atoms with van der Waals surface area (Å²) in [6, 6.07) is 15.6. The Labute approximate surface area is 398 Å². The quantitative estimate of drug-likeness (QED) is 0.0445. The number of hydrogen-bond acceptors (Lipinski definition) is 13. The summed E-state index contributed by atoms with van der Waals surface area (Å²) < 4.78 is 54.3. The van der Waals surface area contributed by atoms with Gasteiger partial charge in [0.2, 0.25) is 5.91 Å². The number of amides is 5. The second kappa shape index (κ2) is 21.2. The van der Waals surface area contributed by atoms with Gasteiger partial charge in [-0.15, -0.1) is 0 Å². The van der Waals surface area contributed by atoms with E-state index in [2.05, 4.69) is 42.0 Å². The SMILES string of the molecule is COc1c(NC(=O)c2ccc(NC(=O)c3c(Cl)cc(NC(=O)[C@H](Cc4cn[nH]n4)NC(=O)c4ccc(NC(=O)/C(C)=C/c5ccc(O)cc5)cc4)cc3C(F)(F)F)c(OC)c2O)ccc(C(=O)O)c1O. The number of ether oxygens (including phenoxy) is 2. The molecular weight excluding hydrogens is 949 g/mol. The third-order valence-electron chi connectivity index (χ3n) is 10.1. The van der Waals surface area contributed by atoms with Crippen molar-refractivity contribution in [3.05, 3.63) is 141 Å². The number of halogens is 4. The predicted octanol–water partition coefficient (Wildman–Crippen LogP) is 6.84. The molecule has 20 nitrogen and oxygen atoms in total. The summed E-state index contributed by atoms with van der Waals surface area (Å²) in [5.74, 6) is -8.96. The van der Waals surface area contributed by atoms with Crippen molar-refractivity contribution in [3.63, 3.8) is 0 Å². The van der Waals surface area contributed by atoms with E-state index in [9.17, 15) is 62.4 Å². The van der Waals surface area contributed by atoms with Crippen LogP contribution in [0.5, 0.6) is 28.7 Å². The van der Waals surface area contributed by atoms with Crippen LogP contribution in [-0.2, 0) is 22.2 Å². The summed E-state index contributed by atoms with van der Waals surface area (Å²) in [7, 11) is 2.11. The van der Waals surface area contributed by atoms with Gasteiger partial charge in [0, 0.05) is 28.9 Å². The molecule has 70 heavy (non-hydrogen) atoms. The number of phenols is 3. The van der Waals surface area contributed by atoms with Gasteiger partial charge in [0.15, 0.2) is 23.0 Å². The minimum Gasteiger partial charge on any atom is -0.508 e. The second-order valence-electron chi connectivity index (χ2n) is 14.8. The number of nitrogens with zero attached hydrogens (tertiary/aromatic N) is 2. The van der Waals surface area contributed by atoms with Gasteiger partial charge in [-0.2, -0.15) is 28.6 Å². The van der Waals surface area contributed by atoms with Crippen LogP contribution in [0.2, 0.25) is 5.02 Å². The minimum absolute atomic E-state index is 0.0274. The summed E-state index contributed by atoms with van der Waals surface area (Å²) in [4.78, 5) is 78.2. The molecule has 1 aromatic heterocycles. The number of carboxylic acids is 1.